The SMILES string of the molecule is C[C@H]1COCC(=O)N2CCC[C@H](NCC3(C#N)CC3)[C@@H]2COC2CCC1CC2. The molecular weight excluding hydrogens is 354 g/mol. The molecule has 3 aliphatic heterocycles. The third-order valence-corrected chi connectivity index (χ3v) is 7.53. The fourth-order valence-corrected chi connectivity index (χ4v) is 5.23. The second-order valence-corrected chi connectivity index (χ2v) is 9.54. The molecule has 0 radical (unpaired) electrons. The Bertz CT molecular complexity index is 592. The highest BCUT2D eigenvalue weighted by Crippen LogP contribution is 2.44. The summed E-state index contributed by atoms with van der Waals surface area (Å²) in [7, 11) is 0. The molecule has 0 spiro atoms. The predicted molar refractivity (Wildman–Crippen MR) is 105 cm³/mol. The van der Waals surface area contributed by atoms with E-state index in [1.165, 1.54) is 12.8 Å². The molecule has 3 heterocycles. The molecule has 6 heteroatoms. The Morgan fingerprint density at radius 1 is 1.21 bits per heavy atom. The molecule has 3 atom stereocenters. The van der Waals surface area contributed by atoms with E-state index in [2.05, 4.69) is 18.3 Å². The zero-order valence-corrected chi connectivity index (χ0v) is 17.2. The Hall–Kier alpha value is -1.16. The van der Waals surface area contributed by atoms with Gasteiger partial charge in [0.25, 0.3) is 0 Å². The Morgan fingerprint density at radius 3 is 2.71 bits per heavy atom. The van der Waals surface area contributed by atoms with Crippen LogP contribution >= 0.6 is 0 Å². The van der Waals surface area contributed by atoms with Crippen molar-refractivity contribution in [3.05, 3.63) is 0 Å². The molecule has 3 saturated heterocycles. The fraction of sp³-hybridized carbons (Fsp3) is 0.909. The van der Waals surface area contributed by atoms with Crippen molar-refractivity contribution in [1.29, 1.82) is 5.26 Å². The molecule has 156 valence electrons. The van der Waals surface area contributed by atoms with Gasteiger partial charge in [-0.3, -0.25) is 4.79 Å². The van der Waals surface area contributed by atoms with Crippen LogP contribution in [0.1, 0.15) is 58.3 Å². The number of ether oxygens (including phenoxy) is 2. The van der Waals surface area contributed by atoms with E-state index >= 15 is 0 Å². The van der Waals surface area contributed by atoms with Crippen molar-refractivity contribution in [1.82, 2.24) is 10.2 Å². The highest BCUT2D eigenvalue weighted by atomic mass is 16.5. The summed E-state index contributed by atoms with van der Waals surface area (Å²) in [5.41, 5.74) is -0.173. The number of nitrogens with zero attached hydrogens (tertiary/aromatic N) is 2. The molecule has 2 aliphatic carbocycles. The lowest BCUT2D eigenvalue weighted by molar-refractivity contribution is -0.143. The van der Waals surface area contributed by atoms with E-state index in [-0.39, 0.29) is 30.0 Å². The summed E-state index contributed by atoms with van der Waals surface area (Å²) >= 11 is 0. The number of nitrogens with one attached hydrogen (secondary N) is 1. The van der Waals surface area contributed by atoms with Crippen LogP contribution in [0.4, 0.5) is 0 Å². The summed E-state index contributed by atoms with van der Waals surface area (Å²) in [6.45, 7) is 5.20. The summed E-state index contributed by atoms with van der Waals surface area (Å²) < 4.78 is 12.2. The zero-order chi connectivity index (χ0) is 19.6. The van der Waals surface area contributed by atoms with Crippen LogP contribution < -0.4 is 5.32 Å². The molecule has 1 amide bonds. The van der Waals surface area contributed by atoms with Gasteiger partial charge in [-0.05, 0) is 63.2 Å². The number of fused-ring (bicyclic) bond motifs is 7. The highest BCUT2D eigenvalue weighted by molar-refractivity contribution is 5.78. The van der Waals surface area contributed by atoms with Crippen LogP contribution in [0.2, 0.25) is 0 Å². The topological polar surface area (TPSA) is 74.6 Å². The van der Waals surface area contributed by atoms with Crippen molar-refractivity contribution in [3.63, 3.8) is 0 Å². The first-order valence-corrected chi connectivity index (χ1v) is 11.2. The average molecular weight is 390 g/mol. The van der Waals surface area contributed by atoms with Gasteiger partial charge in [0.05, 0.1) is 36.8 Å². The smallest absolute Gasteiger partial charge is 0.248 e. The Balaban J connectivity index is 1.45. The van der Waals surface area contributed by atoms with Crippen LogP contribution in [0.3, 0.4) is 0 Å². The van der Waals surface area contributed by atoms with Gasteiger partial charge >= 0.3 is 0 Å². The van der Waals surface area contributed by atoms with Crippen LogP contribution in [0.25, 0.3) is 0 Å². The normalized spacial score (nSPS) is 38.5. The summed E-state index contributed by atoms with van der Waals surface area (Å²) in [4.78, 5) is 14.9. The molecule has 28 heavy (non-hydrogen) atoms. The molecule has 5 rings (SSSR count). The maximum Gasteiger partial charge on any atom is 0.248 e. The van der Waals surface area contributed by atoms with Crippen molar-refractivity contribution in [2.45, 2.75) is 76.5 Å². The third-order valence-electron chi connectivity index (χ3n) is 7.53. The van der Waals surface area contributed by atoms with E-state index in [4.69, 9.17) is 9.47 Å². The Labute approximate surface area is 168 Å². The quantitative estimate of drug-likeness (QED) is 0.803. The van der Waals surface area contributed by atoms with E-state index in [9.17, 15) is 10.1 Å². The summed E-state index contributed by atoms with van der Waals surface area (Å²) in [5, 5.41) is 13.0. The van der Waals surface area contributed by atoms with E-state index < -0.39 is 0 Å². The van der Waals surface area contributed by atoms with Gasteiger partial charge in [-0.15, -0.1) is 0 Å². The first-order valence-electron chi connectivity index (χ1n) is 11.2. The lowest BCUT2D eigenvalue weighted by atomic mass is 9.80. The van der Waals surface area contributed by atoms with Crippen LogP contribution in [-0.4, -0.2) is 61.9 Å². The second kappa shape index (κ2) is 8.69. The van der Waals surface area contributed by atoms with Crippen molar-refractivity contribution in [3.8, 4) is 6.07 Å². The molecule has 2 bridgehead atoms. The molecule has 1 N–H and O–H groups in total. The zero-order valence-electron chi connectivity index (χ0n) is 17.2. The van der Waals surface area contributed by atoms with Gasteiger partial charge in [0, 0.05) is 19.1 Å². The molecule has 0 aromatic carbocycles. The number of piperidine rings is 1. The fourth-order valence-electron chi connectivity index (χ4n) is 5.23. The minimum absolute atomic E-state index is 0.0373. The molecule has 0 unspecified atom stereocenters. The second-order valence-electron chi connectivity index (χ2n) is 9.54. The summed E-state index contributed by atoms with van der Waals surface area (Å²) in [5.74, 6) is 1.27. The number of rotatable bonds is 3. The first-order chi connectivity index (χ1) is 13.6. The van der Waals surface area contributed by atoms with Crippen molar-refractivity contribution < 1.29 is 14.3 Å². The van der Waals surface area contributed by atoms with Gasteiger partial charge in [0.2, 0.25) is 5.91 Å². The van der Waals surface area contributed by atoms with E-state index in [1.807, 2.05) is 4.90 Å². The van der Waals surface area contributed by atoms with Gasteiger partial charge in [-0.1, -0.05) is 6.92 Å². The Kier molecular flexibility index (Phi) is 6.24. The molecular formula is C22H35N3O3. The number of carbonyl (C=O) groups is 1. The standard InChI is InChI=1S/C22H35N3O3/c1-16-11-27-13-21(26)25-10-2-3-19(24-15-22(14-23)8-9-22)20(25)12-28-18-6-4-17(16)5-7-18/h16-20,24H,2-13,15H2,1H3/t16-,17?,18?,19-,20-/m0/s1. The lowest BCUT2D eigenvalue weighted by Gasteiger charge is -2.42. The van der Waals surface area contributed by atoms with Crippen LogP contribution in [0.5, 0.6) is 0 Å². The van der Waals surface area contributed by atoms with Crippen LogP contribution in [-0.2, 0) is 14.3 Å². The molecule has 5 aliphatic rings. The van der Waals surface area contributed by atoms with Gasteiger partial charge in [-0.2, -0.15) is 5.26 Å². The van der Waals surface area contributed by atoms with Crippen molar-refractivity contribution in [2.75, 3.05) is 32.9 Å². The number of nitriles is 1. The van der Waals surface area contributed by atoms with E-state index in [0.29, 0.717) is 31.2 Å². The largest absolute Gasteiger partial charge is 0.376 e. The molecule has 0 aromatic rings. The van der Waals surface area contributed by atoms with Crippen molar-refractivity contribution in [2.24, 2.45) is 17.3 Å². The van der Waals surface area contributed by atoms with Crippen LogP contribution in [0, 0.1) is 28.6 Å². The van der Waals surface area contributed by atoms with E-state index in [1.54, 1.807) is 0 Å². The van der Waals surface area contributed by atoms with Gasteiger partial charge in [-0.25, -0.2) is 0 Å². The van der Waals surface area contributed by atoms with Crippen molar-refractivity contribution >= 4 is 5.91 Å². The van der Waals surface area contributed by atoms with E-state index in [0.717, 1.165) is 51.6 Å². The minimum Gasteiger partial charge on any atom is -0.376 e. The highest BCUT2D eigenvalue weighted by Gasteiger charge is 2.44. The number of hydrogen-bond acceptors (Lipinski definition) is 5. The molecule has 6 nitrogen and oxygen atoms in total. The minimum atomic E-state index is -0.173. The number of hydrogen-bond donors (Lipinski definition) is 1. The molecule has 5 fully saturated rings. The average Bonchev–Trinajstić information content (AvgIpc) is 3.51. The number of carbonyl (C=O) groups excluding carboxylic acids is 1. The maximum absolute atomic E-state index is 12.9. The monoisotopic (exact) mass is 389 g/mol. The first kappa shape index (κ1) is 20.1. The summed E-state index contributed by atoms with van der Waals surface area (Å²) in [6.07, 6.45) is 8.94. The Morgan fingerprint density at radius 2 is 2.00 bits per heavy atom. The maximum atomic E-state index is 12.9. The lowest BCUT2D eigenvalue weighted by Crippen LogP contribution is -2.59. The van der Waals surface area contributed by atoms with Gasteiger partial charge in [0.1, 0.15) is 6.61 Å². The summed E-state index contributed by atoms with van der Waals surface area (Å²) in [6, 6.07) is 2.70. The van der Waals surface area contributed by atoms with Gasteiger partial charge in [0.15, 0.2) is 0 Å². The third kappa shape index (κ3) is 4.53. The predicted octanol–water partition coefficient (Wildman–Crippen LogP) is 2.48. The number of amides is 1. The van der Waals surface area contributed by atoms with Crippen LogP contribution in [0.15, 0.2) is 0 Å². The molecule has 2 saturated carbocycles. The molecule has 0 aromatic heterocycles. The van der Waals surface area contributed by atoms with Gasteiger partial charge < -0.3 is 19.7 Å².